The van der Waals surface area contributed by atoms with Crippen molar-refractivity contribution in [2.24, 2.45) is 23.7 Å². The summed E-state index contributed by atoms with van der Waals surface area (Å²) in [5, 5.41) is 3.65. The molecule has 0 radical (unpaired) electrons. The summed E-state index contributed by atoms with van der Waals surface area (Å²) in [6.45, 7) is 7.68. The van der Waals surface area contributed by atoms with E-state index in [-0.39, 0.29) is 0 Å². The molecule has 1 heterocycles. The van der Waals surface area contributed by atoms with E-state index in [1.807, 2.05) is 0 Å². The lowest BCUT2D eigenvalue weighted by atomic mass is 9.71. The quantitative estimate of drug-likeness (QED) is 0.848. The van der Waals surface area contributed by atoms with Crippen LogP contribution in [0.5, 0.6) is 0 Å². The number of likely N-dealkylation sites (tertiary alicyclic amines) is 1. The Balaban J connectivity index is 1.65. The second kappa shape index (κ2) is 7.00. The number of fused-ring (bicyclic) bond motifs is 1. The van der Waals surface area contributed by atoms with Crippen molar-refractivity contribution < 1.29 is 0 Å². The van der Waals surface area contributed by atoms with E-state index in [0.29, 0.717) is 0 Å². The maximum Gasteiger partial charge on any atom is 0.0124 e. The van der Waals surface area contributed by atoms with E-state index in [4.69, 9.17) is 0 Å². The van der Waals surface area contributed by atoms with Gasteiger partial charge in [-0.05, 0) is 75.8 Å². The highest BCUT2D eigenvalue weighted by Crippen LogP contribution is 2.39. The summed E-state index contributed by atoms with van der Waals surface area (Å²) in [5.41, 5.74) is 0. The van der Waals surface area contributed by atoms with Crippen molar-refractivity contribution in [2.45, 2.75) is 77.3 Å². The van der Waals surface area contributed by atoms with E-state index in [9.17, 15) is 0 Å². The number of nitrogens with zero attached hydrogens (tertiary/aromatic N) is 1. The van der Waals surface area contributed by atoms with Gasteiger partial charge in [-0.1, -0.05) is 26.7 Å². The fraction of sp³-hybridized carbons (Fsp3) is 1.00. The Hall–Kier alpha value is -0.0800. The zero-order valence-corrected chi connectivity index (χ0v) is 14.5. The molecule has 1 saturated heterocycles. The summed E-state index contributed by atoms with van der Waals surface area (Å²) < 4.78 is 0. The molecule has 3 fully saturated rings. The minimum Gasteiger partial charge on any atom is -0.317 e. The Kier molecular flexibility index (Phi) is 5.27. The monoisotopic (exact) mass is 292 g/mol. The lowest BCUT2D eigenvalue weighted by Crippen LogP contribution is -2.53. The van der Waals surface area contributed by atoms with E-state index in [0.717, 1.165) is 35.8 Å². The summed E-state index contributed by atoms with van der Waals surface area (Å²) in [4.78, 5) is 2.91. The summed E-state index contributed by atoms with van der Waals surface area (Å²) in [5.74, 6) is 3.68. The van der Waals surface area contributed by atoms with Gasteiger partial charge in [-0.25, -0.2) is 0 Å². The number of rotatable bonds is 3. The molecule has 2 saturated carbocycles. The predicted octanol–water partition coefficient (Wildman–Crippen LogP) is 3.91. The number of hydrogen-bond acceptors (Lipinski definition) is 2. The van der Waals surface area contributed by atoms with Crippen molar-refractivity contribution in [3.8, 4) is 0 Å². The molecule has 21 heavy (non-hydrogen) atoms. The van der Waals surface area contributed by atoms with E-state index in [2.05, 4.69) is 31.1 Å². The smallest absolute Gasteiger partial charge is 0.0124 e. The van der Waals surface area contributed by atoms with Crippen LogP contribution in [-0.4, -0.2) is 37.1 Å². The van der Waals surface area contributed by atoms with Gasteiger partial charge < -0.3 is 5.32 Å². The van der Waals surface area contributed by atoms with Gasteiger partial charge in [0.1, 0.15) is 0 Å². The highest BCUT2D eigenvalue weighted by Gasteiger charge is 2.38. The molecule has 2 aliphatic carbocycles. The maximum absolute atomic E-state index is 3.65. The van der Waals surface area contributed by atoms with Crippen molar-refractivity contribution in [3.63, 3.8) is 0 Å². The van der Waals surface area contributed by atoms with Gasteiger partial charge in [-0.15, -0.1) is 0 Å². The minimum absolute atomic E-state index is 0.743. The molecule has 1 aliphatic heterocycles. The number of nitrogens with one attached hydrogen (secondary N) is 1. The van der Waals surface area contributed by atoms with Crippen LogP contribution in [0.25, 0.3) is 0 Å². The molecule has 0 bridgehead atoms. The Morgan fingerprint density at radius 1 is 1.00 bits per heavy atom. The van der Waals surface area contributed by atoms with Crippen LogP contribution in [0.1, 0.15) is 65.2 Å². The van der Waals surface area contributed by atoms with Crippen molar-refractivity contribution in [1.29, 1.82) is 0 Å². The fourth-order valence-electron chi connectivity index (χ4n) is 5.78. The fourth-order valence-corrected chi connectivity index (χ4v) is 5.78. The van der Waals surface area contributed by atoms with E-state index < -0.39 is 0 Å². The van der Waals surface area contributed by atoms with Gasteiger partial charge in [-0.3, -0.25) is 4.90 Å². The molecule has 2 nitrogen and oxygen atoms in total. The van der Waals surface area contributed by atoms with Gasteiger partial charge in [0.05, 0.1) is 0 Å². The number of piperidine rings is 1. The molecule has 0 aromatic heterocycles. The van der Waals surface area contributed by atoms with Crippen LogP contribution in [0, 0.1) is 23.7 Å². The first-order valence-electron chi connectivity index (χ1n) is 9.60. The molecule has 3 rings (SSSR count). The molecule has 2 heteroatoms. The van der Waals surface area contributed by atoms with Crippen molar-refractivity contribution in [2.75, 3.05) is 20.1 Å². The Bertz CT molecular complexity index is 328. The first kappa shape index (κ1) is 15.8. The molecule has 3 aliphatic rings. The lowest BCUT2D eigenvalue weighted by molar-refractivity contribution is 0.0206. The van der Waals surface area contributed by atoms with Crippen LogP contribution in [0.3, 0.4) is 0 Å². The third-order valence-electron chi connectivity index (χ3n) is 6.85. The molecule has 4 unspecified atom stereocenters. The average molecular weight is 293 g/mol. The topological polar surface area (TPSA) is 15.3 Å². The zero-order valence-electron chi connectivity index (χ0n) is 14.5. The Morgan fingerprint density at radius 2 is 1.76 bits per heavy atom. The van der Waals surface area contributed by atoms with E-state index in [1.165, 1.54) is 64.5 Å². The largest absolute Gasteiger partial charge is 0.317 e. The maximum atomic E-state index is 3.65. The van der Waals surface area contributed by atoms with Crippen LogP contribution in [0.15, 0.2) is 0 Å². The van der Waals surface area contributed by atoms with Crippen LogP contribution >= 0.6 is 0 Å². The summed E-state index contributed by atoms with van der Waals surface area (Å²) in [6.07, 6.45) is 11.7. The SMILES string of the molecule is CNC1CC(C)CC(C)C1CN1CCC[C@H]2CCCC[C@H]21. The van der Waals surface area contributed by atoms with Crippen LogP contribution in [0.2, 0.25) is 0 Å². The second-order valence-corrected chi connectivity index (χ2v) is 8.36. The van der Waals surface area contributed by atoms with Gasteiger partial charge >= 0.3 is 0 Å². The highest BCUT2D eigenvalue weighted by molar-refractivity contribution is 4.93. The third-order valence-corrected chi connectivity index (χ3v) is 6.85. The van der Waals surface area contributed by atoms with Gasteiger partial charge in [-0.2, -0.15) is 0 Å². The number of hydrogen-bond donors (Lipinski definition) is 1. The Labute approximate surface area is 132 Å². The summed E-state index contributed by atoms with van der Waals surface area (Å²) in [6, 6.07) is 1.67. The first-order chi connectivity index (χ1) is 10.2. The highest BCUT2D eigenvalue weighted by atomic mass is 15.2. The Morgan fingerprint density at radius 3 is 2.57 bits per heavy atom. The van der Waals surface area contributed by atoms with Crippen molar-refractivity contribution in [3.05, 3.63) is 0 Å². The van der Waals surface area contributed by atoms with Gasteiger partial charge in [0.15, 0.2) is 0 Å². The zero-order chi connectivity index (χ0) is 14.8. The molecule has 0 spiro atoms. The van der Waals surface area contributed by atoms with E-state index >= 15 is 0 Å². The predicted molar refractivity (Wildman–Crippen MR) is 90.5 cm³/mol. The summed E-state index contributed by atoms with van der Waals surface area (Å²) >= 11 is 0. The molecule has 0 aromatic rings. The van der Waals surface area contributed by atoms with Gasteiger partial charge in [0, 0.05) is 18.6 Å². The van der Waals surface area contributed by atoms with Crippen LogP contribution in [0.4, 0.5) is 0 Å². The molecule has 122 valence electrons. The van der Waals surface area contributed by atoms with Crippen LogP contribution < -0.4 is 5.32 Å². The molecule has 0 aromatic carbocycles. The molecular formula is C19H36N2. The lowest BCUT2D eigenvalue weighted by Gasteiger charge is -2.48. The minimum atomic E-state index is 0.743. The standard InChI is InChI=1S/C19H36N2/c1-14-11-15(2)17(18(12-14)20-3)13-21-10-6-8-16-7-4-5-9-19(16)21/h14-20H,4-13H2,1-3H3/t14?,15?,16-,17?,18?,19-/m1/s1. The van der Waals surface area contributed by atoms with Crippen molar-refractivity contribution >= 4 is 0 Å². The second-order valence-electron chi connectivity index (χ2n) is 8.36. The van der Waals surface area contributed by atoms with E-state index in [1.54, 1.807) is 0 Å². The van der Waals surface area contributed by atoms with Gasteiger partial charge in [0.2, 0.25) is 0 Å². The van der Waals surface area contributed by atoms with Crippen molar-refractivity contribution in [1.82, 2.24) is 10.2 Å². The molecule has 0 amide bonds. The molecular weight excluding hydrogens is 256 g/mol. The molecule has 1 N–H and O–H groups in total. The normalized spacial score (nSPS) is 45.3. The average Bonchev–Trinajstić information content (AvgIpc) is 2.50. The first-order valence-corrected chi connectivity index (χ1v) is 9.60. The van der Waals surface area contributed by atoms with Gasteiger partial charge in [0.25, 0.3) is 0 Å². The van der Waals surface area contributed by atoms with Crippen LogP contribution in [-0.2, 0) is 0 Å². The third kappa shape index (κ3) is 3.47. The molecule has 6 atom stereocenters. The summed E-state index contributed by atoms with van der Waals surface area (Å²) in [7, 11) is 2.18.